The van der Waals surface area contributed by atoms with Gasteiger partial charge in [0.05, 0.1) is 5.56 Å². The molecule has 0 unspecified atom stereocenters. The first-order chi connectivity index (χ1) is 13.1. The topological polar surface area (TPSA) is 57.7 Å². The Morgan fingerprint density at radius 3 is 2.04 bits per heavy atom. The summed E-state index contributed by atoms with van der Waals surface area (Å²) in [6, 6.07) is 14.8. The van der Waals surface area contributed by atoms with Gasteiger partial charge in [0.2, 0.25) is 5.91 Å². The van der Waals surface area contributed by atoms with Gasteiger partial charge in [0.25, 0.3) is 5.91 Å². The van der Waals surface area contributed by atoms with Crippen LogP contribution in [0.25, 0.3) is 0 Å². The molecular formula is C21H21FN2O3. The number of amides is 2. The van der Waals surface area contributed by atoms with E-state index in [0.717, 1.165) is 0 Å². The third-order valence-corrected chi connectivity index (χ3v) is 4.69. The molecule has 1 heterocycles. The van der Waals surface area contributed by atoms with Crippen LogP contribution in [0.1, 0.15) is 33.6 Å². The van der Waals surface area contributed by atoms with Gasteiger partial charge in [-0.2, -0.15) is 0 Å². The molecule has 0 bridgehead atoms. The predicted octanol–water partition coefficient (Wildman–Crippen LogP) is 2.77. The lowest BCUT2D eigenvalue weighted by Crippen LogP contribution is -2.50. The van der Waals surface area contributed by atoms with Crippen molar-refractivity contribution in [2.75, 3.05) is 26.2 Å². The van der Waals surface area contributed by atoms with E-state index in [2.05, 4.69) is 0 Å². The zero-order valence-electron chi connectivity index (χ0n) is 14.9. The van der Waals surface area contributed by atoms with Gasteiger partial charge >= 0.3 is 0 Å². The fraction of sp³-hybridized carbons (Fsp3) is 0.286. The Morgan fingerprint density at radius 2 is 1.37 bits per heavy atom. The summed E-state index contributed by atoms with van der Waals surface area (Å²) in [4.78, 5) is 40.1. The SMILES string of the molecule is O=C(CCC(=O)N1CCN(C(=O)c2ccccc2F)CC1)c1ccccc1. The third kappa shape index (κ3) is 4.58. The van der Waals surface area contributed by atoms with Gasteiger partial charge in [-0.1, -0.05) is 42.5 Å². The van der Waals surface area contributed by atoms with Crippen LogP contribution < -0.4 is 0 Å². The van der Waals surface area contributed by atoms with Gasteiger partial charge in [-0.15, -0.1) is 0 Å². The number of Topliss-reactive ketones (excluding diaryl/α,β-unsaturated/α-hetero) is 1. The molecule has 0 saturated carbocycles. The molecule has 2 aromatic rings. The molecule has 0 aromatic heterocycles. The maximum absolute atomic E-state index is 13.8. The Balaban J connectivity index is 1.49. The van der Waals surface area contributed by atoms with Crippen LogP contribution >= 0.6 is 0 Å². The summed E-state index contributed by atoms with van der Waals surface area (Å²) in [6.07, 6.45) is 0.312. The maximum atomic E-state index is 13.8. The van der Waals surface area contributed by atoms with Crippen molar-refractivity contribution in [1.29, 1.82) is 0 Å². The number of nitrogens with zero attached hydrogens (tertiary/aromatic N) is 2. The molecule has 0 N–H and O–H groups in total. The summed E-state index contributed by atoms with van der Waals surface area (Å²) in [7, 11) is 0. The number of benzene rings is 2. The van der Waals surface area contributed by atoms with Crippen molar-refractivity contribution in [3.05, 3.63) is 71.5 Å². The number of carbonyl (C=O) groups excluding carboxylic acids is 3. The maximum Gasteiger partial charge on any atom is 0.256 e. The van der Waals surface area contributed by atoms with Crippen LogP contribution in [0.2, 0.25) is 0 Å². The zero-order valence-corrected chi connectivity index (χ0v) is 14.9. The Kier molecular flexibility index (Phi) is 5.96. The summed E-state index contributed by atoms with van der Waals surface area (Å²) >= 11 is 0. The molecule has 5 nitrogen and oxygen atoms in total. The molecule has 0 spiro atoms. The quantitative estimate of drug-likeness (QED) is 0.763. The number of piperazine rings is 1. The molecule has 6 heteroatoms. The molecule has 0 aliphatic carbocycles. The first-order valence-corrected chi connectivity index (χ1v) is 8.96. The van der Waals surface area contributed by atoms with E-state index in [4.69, 9.17) is 0 Å². The van der Waals surface area contributed by atoms with E-state index in [-0.39, 0.29) is 36.0 Å². The monoisotopic (exact) mass is 368 g/mol. The smallest absolute Gasteiger partial charge is 0.256 e. The molecule has 1 fully saturated rings. The summed E-state index contributed by atoms with van der Waals surface area (Å²) in [6.45, 7) is 1.48. The van der Waals surface area contributed by atoms with Crippen molar-refractivity contribution >= 4 is 17.6 Å². The third-order valence-electron chi connectivity index (χ3n) is 4.69. The van der Waals surface area contributed by atoms with Gasteiger partial charge in [0.15, 0.2) is 5.78 Å². The standard InChI is InChI=1S/C21H21FN2O3/c22-18-9-5-4-8-17(18)21(27)24-14-12-23(13-15-24)20(26)11-10-19(25)16-6-2-1-3-7-16/h1-9H,10-15H2. The number of hydrogen-bond acceptors (Lipinski definition) is 3. The van der Waals surface area contributed by atoms with Crippen molar-refractivity contribution in [3.8, 4) is 0 Å². The van der Waals surface area contributed by atoms with E-state index in [0.29, 0.717) is 31.7 Å². The lowest BCUT2D eigenvalue weighted by molar-refractivity contribution is -0.132. The van der Waals surface area contributed by atoms with Gasteiger partial charge in [-0.05, 0) is 12.1 Å². The highest BCUT2D eigenvalue weighted by molar-refractivity contribution is 5.98. The minimum atomic E-state index is -0.541. The molecule has 2 aromatic carbocycles. The zero-order chi connectivity index (χ0) is 19.2. The second-order valence-corrected chi connectivity index (χ2v) is 6.44. The number of rotatable bonds is 5. The van der Waals surface area contributed by atoms with Crippen LogP contribution in [0, 0.1) is 5.82 Å². The van der Waals surface area contributed by atoms with Crippen molar-refractivity contribution in [2.45, 2.75) is 12.8 Å². The van der Waals surface area contributed by atoms with E-state index in [1.54, 1.807) is 46.2 Å². The van der Waals surface area contributed by atoms with Gasteiger partial charge in [0, 0.05) is 44.6 Å². The van der Waals surface area contributed by atoms with E-state index >= 15 is 0 Å². The second-order valence-electron chi connectivity index (χ2n) is 6.44. The average Bonchev–Trinajstić information content (AvgIpc) is 2.72. The summed E-state index contributed by atoms with van der Waals surface area (Å²) in [5.74, 6) is -1.06. The molecule has 27 heavy (non-hydrogen) atoms. The molecule has 1 aliphatic heterocycles. The lowest BCUT2D eigenvalue weighted by atomic mass is 10.1. The molecule has 0 radical (unpaired) electrons. The highest BCUT2D eigenvalue weighted by Gasteiger charge is 2.26. The van der Waals surface area contributed by atoms with E-state index in [1.807, 2.05) is 6.07 Å². The van der Waals surface area contributed by atoms with E-state index in [9.17, 15) is 18.8 Å². The number of hydrogen-bond donors (Lipinski definition) is 0. The Hall–Kier alpha value is -3.02. The summed E-state index contributed by atoms with van der Waals surface area (Å²) < 4.78 is 13.8. The highest BCUT2D eigenvalue weighted by Crippen LogP contribution is 2.13. The number of ketones is 1. The molecule has 140 valence electrons. The van der Waals surface area contributed by atoms with Crippen molar-refractivity contribution in [2.24, 2.45) is 0 Å². The first kappa shape index (κ1) is 18.8. The molecule has 3 rings (SSSR count). The van der Waals surface area contributed by atoms with Crippen LogP contribution in [0.4, 0.5) is 4.39 Å². The van der Waals surface area contributed by atoms with Crippen molar-refractivity contribution < 1.29 is 18.8 Å². The predicted molar refractivity (Wildman–Crippen MR) is 98.9 cm³/mol. The lowest BCUT2D eigenvalue weighted by Gasteiger charge is -2.35. The minimum absolute atomic E-state index is 0.0470. The Morgan fingerprint density at radius 1 is 0.778 bits per heavy atom. The molecule has 2 amide bonds. The molecule has 1 saturated heterocycles. The van der Waals surface area contributed by atoms with Crippen LogP contribution in [0.3, 0.4) is 0 Å². The van der Waals surface area contributed by atoms with Gasteiger partial charge in [-0.3, -0.25) is 14.4 Å². The van der Waals surface area contributed by atoms with Crippen molar-refractivity contribution in [3.63, 3.8) is 0 Å². The fourth-order valence-electron chi connectivity index (χ4n) is 3.11. The van der Waals surface area contributed by atoms with Crippen LogP contribution in [0.5, 0.6) is 0 Å². The van der Waals surface area contributed by atoms with E-state index in [1.165, 1.54) is 12.1 Å². The number of halogens is 1. The van der Waals surface area contributed by atoms with Crippen molar-refractivity contribution in [1.82, 2.24) is 9.80 Å². The molecule has 0 atom stereocenters. The molecule has 1 aliphatic rings. The highest BCUT2D eigenvalue weighted by atomic mass is 19.1. The second kappa shape index (κ2) is 8.58. The van der Waals surface area contributed by atoms with E-state index < -0.39 is 5.82 Å². The van der Waals surface area contributed by atoms with Gasteiger partial charge < -0.3 is 9.80 Å². The van der Waals surface area contributed by atoms with Gasteiger partial charge in [0.1, 0.15) is 5.82 Å². The molecular weight excluding hydrogens is 347 g/mol. The fourth-order valence-corrected chi connectivity index (χ4v) is 3.11. The summed E-state index contributed by atoms with van der Waals surface area (Å²) in [5, 5.41) is 0. The largest absolute Gasteiger partial charge is 0.339 e. The first-order valence-electron chi connectivity index (χ1n) is 8.96. The van der Waals surface area contributed by atoms with Gasteiger partial charge in [-0.25, -0.2) is 4.39 Å². The van der Waals surface area contributed by atoms with Crippen LogP contribution in [0.15, 0.2) is 54.6 Å². The van der Waals surface area contributed by atoms with Crippen LogP contribution in [-0.4, -0.2) is 53.6 Å². The minimum Gasteiger partial charge on any atom is -0.339 e. The average molecular weight is 368 g/mol. The summed E-state index contributed by atoms with van der Waals surface area (Å²) in [5.41, 5.74) is 0.649. The number of carbonyl (C=O) groups is 3. The Labute approximate surface area is 157 Å². The van der Waals surface area contributed by atoms with Crippen LogP contribution in [-0.2, 0) is 4.79 Å². The normalized spacial score (nSPS) is 14.1. The Bertz CT molecular complexity index is 830.